The first-order valence-corrected chi connectivity index (χ1v) is 15.4. The number of aliphatic hydroxyl groups is 2. The lowest BCUT2D eigenvalue weighted by Gasteiger charge is -2.24. The Bertz CT molecular complexity index is 1240. The summed E-state index contributed by atoms with van der Waals surface area (Å²) in [6.45, 7) is 8.03. The van der Waals surface area contributed by atoms with Crippen LogP contribution in [0.4, 0.5) is 0 Å². The summed E-state index contributed by atoms with van der Waals surface area (Å²) in [6, 6.07) is 20.2. The van der Waals surface area contributed by atoms with Crippen LogP contribution in [0.2, 0.25) is 5.02 Å². The van der Waals surface area contributed by atoms with Crippen LogP contribution >= 0.6 is 11.6 Å². The van der Waals surface area contributed by atoms with E-state index in [4.69, 9.17) is 30.5 Å². The Hall–Kier alpha value is -3.10. The molecule has 234 valence electrons. The zero-order chi connectivity index (χ0) is 31.1. The molecule has 43 heavy (non-hydrogen) atoms. The minimum atomic E-state index is -0.575. The van der Waals surface area contributed by atoms with Crippen LogP contribution < -0.4 is 14.2 Å². The first-order chi connectivity index (χ1) is 20.8. The van der Waals surface area contributed by atoms with Gasteiger partial charge < -0.3 is 29.2 Å². The summed E-state index contributed by atoms with van der Waals surface area (Å²) in [7, 11) is 0. The van der Waals surface area contributed by atoms with E-state index in [2.05, 4.69) is 13.8 Å². The smallest absolute Gasteiger partial charge is 0.343 e. The normalized spacial score (nSPS) is 12.1. The predicted molar refractivity (Wildman–Crippen MR) is 170 cm³/mol. The fourth-order valence-electron chi connectivity index (χ4n) is 4.03. The van der Waals surface area contributed by atoms with Gasteiger partial charge in [0.25, 0.3) is 0 Å². The summed E-state index contributed by atoms with van der Waals surface area (Å²) in [6.07, 6.45) is 4.99. The molecule has 0 spiro atoms. The Labute approximate surface area is 260 Å². The van der Waals surface area contributed by atoms with Crippen molar-refractivity contribution in [1.82, 2.24) is 0 Å². The van der Waals surface area contributed by atoms with Crippen molar-refractivity contribution >= 4 is 17.6 Å². The van der Waals surface area contributed by atoms with E-state index < -0.39 is 11.4 Å². The van der Waals surface area contributed by atoms with E-state index in [0.29, 0.717) is 54.4 Å². The van der Waals surface area contributed by atoms with Gasteiger partial charge in [-0.1, -0.05) is 69.5 Å². The molecule has 0 heterocycles. The summed E-state index contributed by atoms with van der Waals surface area (Å²) < 4.78 is 22.8. The Morgan fingerprint density at radius 2 is 1.44 bits per heavy atom. The van der Waals surface area contributed by atoms with Gasteiger partial charge in [-0.05, 0) is 78.8 Å². The van der Waals surface area contributed by atoms with E-state index in [1.54, 1.807) is 37.3 Å². The zero-order valence-electron chi connectivity index (χ0n) is 25.5. The molecular formula is C35H45ClO7. The van der Waals surface area contributed by atoms with Gasteiger partial charge in [-0.2, -0.15) is 0 Å². The van der Waals surface area contributed by atoms with Crippen molar-refractivity contribution in [2.45, 2.75) is 52.9 Å². The van der Waals surface area contributed by atoms with Crippen molar-refractivity contribution in [2.75, 3.05) is 39.6 Å². The maximum absolute atomic E-state index is 12.7. The van der Waals surface area contributed by atoms with Gasteiger partial charge in [-0.25, -0.2) is 4.79 Å². The van der Waals surface area contributed by atoms with E-state index in [-0.39, 0.29) is 13.2 Å². The molecule has 0 amide bonds. The summed E-state index contributed by atoms with van der Waals surface area (Å²) in [5.74, 6) is 1.76. The molecule has 2 N–H and O–H groups in total. The number of hydrogen-bond acceptors (Lipinski definition) is 7. The molecule has 0 aliphatic carbocycles. The largest absolute Gasteiger partial charge is 0.494 e. The second kappa shape index (κ2) is 17.9. The van der Waals surface area contributed by atoms with Crippen LogP contribution in [0.5, 0.6) is 17.2 Å². The fraction of sp³-hybridized carbons (Fsp3) is 0.457. The maximum atomic E-state index is 12.7. The van der Waals surface area contributed by atoms with Gasteiger partial charge in [0.15, 0.2) is 0 Å². The molecule has 1 atom stereocenters. The topological polar surface area (TPSA) is 94.5 Å². The molecule has 3 aromatic carbocycles. The first-order valence-electron chi connectivity index (χ1n) is 15.0. The van der Waals surface area contributed by atoms with Gasteiger partial charge in [-0.15, -0.1) is 0 Å². The predicted octanol–water partition coefficient (Wildman–Crippen LogP) is 7.60. The quantitative estimate of drug-likeness (QED) is 0.0818. The molecular weight excluding hydrogens is 568 g/mol. The van der Waals surface area contributed by atoms with Gasteiger partial charge in [0.05, 0.1) is 43.6 Å². The molecule has 0 radical (unpaired) electrons. The third-order valence-corrected chi connectivity index (χ3v) is 7.60. The van der Waals surface area contributed by atoms with Crippen molar-refractivity contribution in [3.8, 4) is 28.4 Å². The van der Waals surface area contributed by atoms with Crippen molar-refractivity contribution in [3.63, 3.8) is 0 Å². The maximum Gasteiger partial charge on any atom is 0.343 e. The average Bonchev–Trinajstić information content (AvgIpc) is 3.03. The SMILES string of the molecule is CCC(C)COc1ccc(C(=O)Oc2ccc(-c3ccc(OCCCCCCOCC(C)(CO)CO)cc3)cc2)cc1Cl. The molecule has 0 aliphatic heterocycles. The Morgan fingerprint density at radius 3 is 2.02 bits per heavy atom. The van der Waals surface area contributed by atoms with Crippen LogP contribution in [0.1, 0.15) is 63.2 Å². The number of carbonyl (C=O) groups is 1. The van der Waals surface area contributed by atoms with Gasteiger partial charge >= 0.3 is 5.97 Å². The Balaban J connectivity index is 1.38. The molecule has 0 aromatic heterocycles. The number of hydrogen-bond donors (Lipinski definition) is 2. The van der Waals surface area contributed by atoms with Crippen LogP contribution in [-0.4, -0.2) is 55.8 Å². The summed E-state index contributed by atoms with van der Waals surface area (Å²) in [4.78, 5) is 12.7. The van der Waals surface area contributed by atoms with Crippen molar-refractivity contribution in [3.05, 3.63) is 77.3 Å². The second-order valence-electron chi connectivity index (χ2n) is 11.4. The highest BCUT2D eigenvalue weighted by atomic mass is 35.5. The molecule has 0 saturated carbocycles. The fourth-order valence-corrected chi connectivity index (χ4v) is 4.26. The van der Waals surface area contributed by atoms with E-state index in [0.717, 1.165) is 49.0 Å². The second-order valence-corrected chi connectivity index (χ2v) is 11.8. The van der Waals surface area contributed by atoms with Crippen molar-refractivity contribution in [1.29, 1.82) is 0 Å². The molecule has 3 aromatic rings. The number of aliphatic hydroxyl groups excluding tert-OH is 2. The Morgan fingerprint density at radius 1 is 0.837 bits per heavy atom. The van der Waals surface area contributed by atoms with Crippen LogP contribution in [-0.2, 0) is 4.74 Å². The number of esters is 1. The van der Waals surface area contributed by atoms with E-state index >= 15 is 0 Å². The highest BCUT2D eigenvalue weighted by Gasteiger charge is 2.22. The number of ether oxygens (including phenoxy) is 4. The highest BCUT2D eigenvalue weighted by molar-refractivity contribution is 6.32. The Kier molecular flexibility index (Phi) is 14.3. The number of benzene rings is 3. The molecule has 0 saturated heterocycles. The summed E-state index contributed by atoms with van der Waals surface area (Å²) in [5, 5.41) is 18.9. The number of halogens is 1. The molecule has 8 heteroatoms. The minimum Gasteiger partial charge on any atom is -0.494 e. The van der Waals surface area contributed by atoms with Crippen LogP contribution in [0.3, 0.4) is 0 Å². The standard InChI is InChI=1S/C35H45ClO7/c1-4-26(2)22-42-33-18-13-29(21-32(33)36)34(39)43-31-16-11-28(12-17-31)27-9-14-30(15-10-27)41-20-8-6-5-7-19-40-25-35(3,23-37)24-38/h9-18,21,26,37-38H,4-8,19-20,22-25H2,1-3H3. The van der Waals surface area contributed by atoms with Gasteiger partial charge in [-0.3, -0.25) is 0 Å². The third kappa shape index (κ3) is 11.5. The summed E-state index contributed by atoms with van der Waals surface area (Å²) >= 11 is 6.33. The first kappa shape index (κ1) is 34.4. The number of unbranched alkanes of at least 4 members (excludes halogenated alkanes) is 3. The molecule has 0 bridgehead atoms. The van der Waals surface area contributed by atoms with Crippen LogP contribution in [0.15, 0.2) is 66.7 Å². The molecule has 0 fully saturated rings. The molecule has 7 nitrogen and oxygen atoms in total. The van der Waals surface area contributed by atoms with E-state index in [9.17, 15) is 15.0 Å². The lowest BCUT2D eigenvalue weighted by molar-refractivity contribution is -0.0169. The van der Waals surface area contributed by atoms with Crippen molar-refractivity contribution in [2.24, 2.45) is 11.3 Å². The van der Waals surface area contributed by atoms with E-state index in [1.165, 1.54) is 0 Å². The summed E-state index contributed by atoms with van der Waals surface area (Å²) in [5.41, 5.74) is 1.81. The van der Waals surface area contributed by atoms with E-state index in [1.807, 2.05) is 36.4 Å². The van der Waals surface area contributed by atoms with Gasteiger partial charge in [0.2, 0.25) is 0 Å². The monoisotopic (exact) mass is 612 g/mol. The highest BCUT2D eigenvalue weighted by Crippen LogP contribution is 2.28. The molecule has 0 aliphatic rings. The lowest BCUT2D eigenvalue weighted by atomic mass is 9.95. The number of rotatable bonds is 19. The van der Waals surface area contributed by atoms with Crippen molar-refractivity contribution < 1.29 is 34.0 Å². The molecule has 1 unspecified atom stereocenters. The number of carbonyl (C=O) groups excluding carboxylic acids is 1. The lowest BCUT2D eigenvalue weighted by Crippen LogP contribution is -2.31. The van der Waals surface area contributed by atoms with Gasteiger partial charge in [0, 0.05) is 12.0 Å². The average molecular weight is 613 g/mol. The minimum absolute atomic E-state index is 0.0899. The van der Waals surface area contributed by atoms with Crippen LogP contribution in [0.25, 0.3) is 11.1 Å². The zero-order valence-corrected chi connectivity index (χ0v) is 26.3. The van der Waals surface area contributed by atoms with Crippen LogP contribution in [0, 0.1) is 11.3 Å². The van der Waals surface area contributed by atoms with Gasteiger partial charge in [0.1, 0.15) is 17.2 Å². The molecule has 3 rings (SSSR count). The third-order valence-electron chi connectivity index (χ3n) is 7.31.